The molecule has 5 nitrogen and oxygen atoms in total. The van der Waals surface area contributed by atoms with Gasteiger partial charge in [-0.2, -0.15) is 0 Å². The number of fused-ring (bicyclic) bond motifs is 2. The summed E-state index contributed by atoms with van der Waals surface area (Å²) in [7, 11) is 0. The number of hydrogen-bond acceptors (Lipinski definition) is 4. The summed E-state index contributed by atoms with van der Waals surface area (Å²) < 4.78 is 0. The Bertz CT molecular complexity index is 996. The molecule has 1 amide bonds. The number of likely N-dealkylation sites (N-methyl/N-ethyl adjacent to an activating group) is 1. The molecular formula is C24H28N4O. The molecule has 1 aromatic heterocycles. The zero-order valence-corrected chi connectivity index (χ0v) is 17.3. The summed E-state index contributed by atoms with van der Waals surface area (Å²) in [6, 6.07) is 9.01. The number of aromatic nitrogens is 1. The Morgan fingerprint density at radius 2 is 2.07 bits per heavy atom. The van der Waals surface area contributed by atoms with Crippen LogP contribution in [0.15, 0.2) is 35.5 Å². The van der Waals surface area contributed by atoms with Crippen LogP contribution in [0, 0.1) is 6.92 Å². The number of carbonyl (C=O) groups excluding carboxylic acids is 1. The van der Waals surface area contributed by atoms with E-state index in [0.717, 1.165) is 49.6 Å². The lowest BCUT2D eigenvalue weighted by Crippen LogP contribution is -2.51. The zero-order chi connectivity index (χ0) is 20.0. The van der Waals surface area contributed by atoms with Gasteiger partial charge in [0, 0.05) is 42.1 Å². The van der Waals surface area contributed by atoms with Crippen molar-refractivity contribution in [2.24, 2.45) is 4.99 Å². The number of hydrogen-bond donors (Lipinski definition) is 0. The lowest BCUT2D eigenvalue weighted by atomic mass is 9.90. The SMILES string of the molecule is CCN1CCC[C@@H](N2Cc3cc4c(cc3CC2=O)CN=C4c2ccnc(C)c2)C1. The van der Waals surface area contributed by atoms with E-state index in [1.165, 1.54) is 28.7 Å². The van der Waals surface area contributed by atoms with Gasteiger partial charge in [0.05, 0.1) is 18.7 Å². The lowest BCUT2D eigenvalue weighted by Gasteiger charge is -2.41. The highest BCUT2D eigenvalue weighted by Gasteiger charge is 2.33. The first-order valence-corrected chi connectivity index (χ1v) is 10.8. The van der Waals surface area contributed by atoms with Crippen molar-refractivity contribution in [3.05, 3.63) is 64.0 Å². The van der Waals surface area contributed by atoms with Crippen molar-refractivity contribution in [2.45, 2.75) is 52.2 Å². The number of nitrogens with zero attached hydrogens (tertiary/aromatic N) is 4. The first kappa shape index (κ1) is 18.5. The van der Waals surface area contributed by atoms with Gasteiger partial charge in [0.2, 0.25) is 5.91 Å². The van der Waals surface area contributed by atoms with E-state index in [1.807, 2.05) is 19.2 Å². The molecule has 29 heavy (non-hydrogen) atoms. The van der Waals surface area contributed by atoms with Gasteiger partial charge in [0.25, 0.3) is 0 Å². The van der Waals surface area contributed by atoms with E-state index in [4.69, 9.17) is 4.99 Å². The maximum absolute atomic E-state index is 12.9. The molecular weight excluding hydrogens is 360 g/mol. The van der Waals surface area contributed by atoms with Gasteiger partial charge < -0.3 is 9.80 Å². The summed E-state index contributed by atoms with van der Waals surface area (Å²) in [6.45, 7) is 8.88. The highest BCUT2D eigenvalue weighted by Crippen LogP contribution is 2.31. The number of benzene rings is 1. The third-order valence-electron chi connectivity index (χ3n) is 6.63. The van der Waals surface area contributed by atoms with Crippen molar-refractivity contribution in [1.82, 2.24) is 14.8 Å². The number of aryl methyl sites for hydroxylation is 1. The summed E-state index contributed by atoms with van der Waals surface area (Å²) in [5.41, 5.74) is 8.14. The smallest absolute Gasteiger partial charge is 0.227 e. The summed E-state index contributed by atoms with van der Waals surface area (Å²) in [5.74, 6) is 0.282. The normalized spacial score (nSPS) is 21.7. The van der Waals surface area contributed by atoms with E-state index < -0.39 is 0 Å². The molecule has 3 aliphatic rings. The molecule has 1 fully saturated rings. The van der Waals surface area contributed by atoms with E-state index in [9.17, 15) is 4.79 Å². The van der Waals surface area contributed by atoms with E-state index in [1.54, 1.807) is 0 Å². The van der Waals surface area contributed by atoms with Crippen LogP contribution in [0.5, 0.6) is 0 Å². The fourth-order valence-electron chi connectivity index (χ4n) is 5.03. The Morgan fingerprint density at radius 3 is 2.90 bits per heavy atom. The van der Waals surface area contributed by atoms with Gasteiger partial charge in [-0.3, -0.25) is 14.8 Å². The van der Waals surface area contributed by atoms with Crippen molar-refractivity contribution in [2.75, 3.05) is 19.6 Å². The van der Waals surface area contributed by atoms with Crippen LogP contribution in [0.2, 0.25) is 0 Å². The molecule has 0 radical (unpaired) electrons. The Kier molecular flexibility index (Phi) is 4.70. The molecule has 5 heteroatoms. The monoisotopic (exact) mass is 388 g/mol. The number of amides is 1. The van der Waals surface area contributed by atoms with Crippen LogP contribution in [0.3, 0.4) is 0 Å². The third kappa shape index (κ3) is 3.38. The first-order chi connectivity index (χ1) is 14.1. The van der Waals surface area contributed by atoms with E-state index in [-0.39, 0.29) is 5.91 Å². The highest BCUT2D eigenvalue weighted by molar-refractivity contribution is 6.15. The number of aliphatic imine (C=N–C) groups is 1. The summed E-state index contributed by atoms with van der Waals surface area (Å²) >= 11 is 0. The van der Waals surface area contributed by atoms with Crippen molar-refractivity contribution >= 4 is 11.6 Å². The molecule has 0 saturated carbocycles. The van der Waals surface area contributed by atoms with Gasteiger partial charge in [0.1, 0.15) is 0 Å². The number of rotatable bonds is 3. The average molecular weight is 389 g/mol. The van der Waals surface area contributed by atoms with Crippen LogP contribution in [-0.2, 0) is 24.3 Å². The van der Waals surface area contributed by atoms with E-state index in [0.29, 0.717) is 19.0 Å². The van der Waals surface area contributed by atoms with Crippen LogP contribution < -0.4 is 0 Å². The Labute approximate surface area is 172 Å². The first-order valence-electron chi connectivity index (χ1n) is 10.8. The largest absolute Gasteiger partial charge is 0.334 e. The minimum Gasteiger partial charge on any atom is -0.334 e. The Hall–Kier alpha value is -2.53. The minimum absolute atomic E-state index is 0.282. The fourth-order valence-corrected chi connectivity index (χ4v) is 5.03. The molecule has 0 unspecified atom stereocenters. The molecule has 0 spiro atoms. The average Bonchev–Trinajstić information content (AvgIpc) is 3.14. The molecule has 0 aliphatic carbocycles. The molecule has 4 heterocycles. The Morgan fingerprint density at radius 1 is 1.17 bits per heavy atom. The van der Waals surface area contributed by atoms with Gasteiger partial charge in [-0.05, 0) is 67.7 Å². The van der Waals surface area contributed by atoms with Crippen molar-refractivity contribution < 1.29 is 4.79 Å². The summed E-state index contributed by atoms with van der Waals surface area (Å²) in [4.78, 5) is 26.7. The highest BCUT2D eigenvalue weighted by atomic mass is 16.2. The molecule has 150 valence electrons. The fraction of sp³-hybridized carbons (Fsp3) is 0.458. The van der Waals surface area contributed by atoms with Crippen molar-refractivity contribution in [3.63, 3.8) is 0 Å². The second-order valence-corrected chi connectivity index (χ2v) is 8.52. The maximum atomic E-state index is 12.9. The van der Waals surface area contributed by atoms with Gasteiger partial charge in [-0.25, -0.2) is 0 Å². The molecule has 1 aromatic carbocycles. The molecule has 0 bridgehead atoms. The van der Waals surface area contributed by atoms with Crippen LogP contribution in [0.25, 0.3) is 0 Å². The number of pyridine rings is 1. The van der Waals surface area contributed by atoms with Crippen LogP contribution in [0.4, 0.5) is 0 Å². The number of likely N-dealkylation sites (tertiary alicyclic amines) is 1. The molecule has 1 atom stereocenters. The van der Waals surface area contributed by atoms with E-state index >= 15 is 0 Å². The lowest BCUT2D eigenvalue weighted by molar-refractivity contribution is -0.135. The summed E-state index contributed by atoms with van der Waals surface area (Å²) in [6.07, 6.45) is 4.67. The van der Waals surface area contributed by atoms with Crippen molar-refractivity contribution in [3.8, 4) is 0 Å². The Balaban J connectivity index is 1.45. The zero-order valence-electron chi connectivity index (χ0n) is 17.3. The topological polar surface area (TPSA) is 48.8 Å². The molecule has 5 rings (SSSR count). The predicted octanol–water partition coefficient (Wildman–Crippen LogP) is 3.11. The predicted molar refractivity (Wildman–Crippen MR) is 114 cm³/mol. The number of piperidine rings is 1. The van der Waals surface area contributed by atoms with Crippen LogP contribution in [0.1, 0.15) is 53.3 Å². The maximum Gasteiger partial charge on any atom is 0.227 e. The van der Waals surface area contributed by atoms with Gasteiger partial charge in [-0.1, -0.05) is 13.0 Å². The minimum atomic E-state index is 0.282. The van der Waals surface area contributed by atoms with E-state index in [2.05, 4.69) is 39.9 Å². The second-order valence-electron chi connectivity index (χ2n) is 8.52. The molecule has 1 saturated heterocycles. The van der Waals surface area contributed by atoms with Crippen molar-refractivity contribution in [1.29, 1.82) is 0 Å². The van der Waals surface area contributed by atoms with Gasteiger partial charge in [0.15, 0.2) is 0 Å². The second kappa shape index (κ2) is 7.38. The standard InChI is InChI=1S/C24H28N4O/c1-3-27-8-4-5-21(15-27)28-14-20-11-22-19(10-18(20)12-23(28)29)13-26-24(22)17-6-7-25-16(2)9-17/h6-7,9-11,21H,3-5,8,12-15H2,1-2H3/t21-/m1/s1. The molecule has 2 aromatic rings. The van der Waals surface area contributed by atoms with Gasteiger partial charge >= 0.3 is 0 Å². The quantitative estimate of drug-likeness (QED) is 0.812. The van der Waals surface area contributed by atoms with Gasteiger partial charge in [-0.15, -0.1) is 0 Å². The summed E-state index contributed by atoms with van der Waals surface area (Å²) in [5, 5.41) is 0. The van der Waals surface area contributed by atoms with Crippen LogP contribution >= 0.6 is 0 Å². The van der Waals surface area contributed by atoms with Crippen LogP contribution in [-0.4, -0.2) is 52.1 Å². The number of carbonyl (C=O) groups is 1. The third-order valence-corrected chi connectivity index (χ3v) is 6.63. The molecule has 3 aliphatic heterocycles. The molecule has 0 N–H and O–H groups in total.